The summed E-state index contributed by atoms with van der Waals surface area (Å²) in [5, 5.41) is 3.64. The number of benzene rings is 3. The van der Waals surface area contributed by atoms with Gasteiger partial charge in [0.2, 0.25) is 11.8 Å². The highest BCUT2D eigenvalue weighted by Gasteiger charge is 2.69. The number of amides is 3. The third kappa shape index (κ3) is 5.79. The molecule has 2 saturated carbocycles. The normalized spacial score (nSPS) is 25.4. The molecule has 11 nitrogen and oxygen atoms in total. The smallest absolute Gasteiger partial charge is 0.338 e. The zero-order chi connectivity index (χ0) is 36.3. The van der Waals surface area contributed by atoms with Gasteiger partial charge >= 0.3 is 10.8 Å². The largest absolute Gasteiger partial charge is 0.490 e. The lowest BCUT2D eigenvalue weighted by Gasteiger charge is -2.43. The van der Waals surface area contributed by atoms with Gasteiger partial charge in [-0.05, 0) is 99.0 Å². The van der Waals surface area contributed by atoms with E-state index in [-0.39, 0.29) is 64.7 Å². The van der Waals surface area contributed by atoms with E-state index < -0.39 is 17.8 Å². The number of esters is 1. The molecule has 4 aromatic rings. The summed E-state index contributed by atoms with van der Waals surface area (Å²) in [5.74, 6) is -1.22. The average Bonchev–Trinajstić information content (AvgIpc) is 3.87. The third-order valence-electron chi connectivity index (χ3n) is 10.7. The molecule has 3 aromatic carbocycles. The summed E-state index contributed by atoms with van der Waals surface area (Å²) < 4.78 is 17.0. The SMILES string of the molecule is CCOC(=O)c1ccc(NC(=O)COc2ccc([C@H]3c4sc(=O)[nH]c4SC4C3[C@H]3C[C@@H]4C4C(=O)N(c5ccc(C)cc5)C(=O)C43)cc2OCC)cc1. The molecule has 1 aromatic heterocycles. The van der Waals surface area contributed by atoms with Crippen LogP contribution in [0.3, 0.4) is 0 Å². The molecule has 3 amide bonds. The minimum absolute atomic E-state index is 0.00444. The Kier molecular flexibility index (Phi) is 8.94. The molecule has 52 heavy (non-hydrogen) atoms. The maximum atomic E-state index is 14.1. The van der Waals surface area contributed by atoms with Crippen LogP contribution >= 0.6 is 23.1 Å². The van der Waals surface area contributed by atoms with Gasteiger partial charge in [-0.25, -0.2) is 4.79 Å². The van der Waals surface area contributed by atoms with Crippen LogP contribution in [0.1, 0.15) is 52.5 Å². The van der Waals surface area contributed by atoms with Gasteiger partial charge in [0.15, 0.2) is 18.1 Å². The van der Waals surface area contributed by atoms with Crippen LogP contribution in [0.25, 0.3) is 0 Å². The summed E-state index contributed by atoms with van der Waals surface area (Å²) in [4.78, 5) is 70.8. The third-order valence-corrected chi connectivity index (χ3v) is 13.3. The number of aryl methyl sites for hydroxylation is 1. The van der Waals surface area contributed by atoms with Crippen LogP contribution in [-0.4, -0.2) is 53.7 Å². The van der Waals surface area contributed by atoms with E-state index in [1.165, 1.54) is 16.2 Å². The van der Waals surface area contributed by atoms with Crippen molar-refractivity contribution < 1.29 is 33.4 Å². The van der Waals surface area contributed by atoms with Gasteiger partial charge in [0.25, 0.3) is 5.91 Å². The van der Waals surface area contributed by atoms with E-state index in [1.54, 1.807) is 49.0 Å². The van der Waals surface area contributed by atoms with Crippen LogP contribution in [0.15, 0.2) is 76.6 Å². The van der Waals surface area contributed by atoms with Crippen molar-refractivity contribution in [3.05, 3.63) is 98.0 Å². The highest BCUT2D eigenvalue weighted by Crippen LogP contribution is 2.68. The van der Waals surface area contributed by atoms with Gasteiger partial charge < -0.3 is 24.5 Å². The highest BCUT2D eigenvalue weighted by atomic mass is 32.2. The lowest BCUT2D eigenvalue weighted by atomic mass is 9.68. The zero-order valence-corrected chi connectivity index (χ0v) is 30.4. The summed E-state index contributed by atoms with van der Waals surface area (Å²) in [7, 11) is 0. The molecule has 2 bridgehead atoms. The Hall–Kier alpha value is -4.88. The molecule has 2 aliphatic carbocycles. The number of H-pyrrole nitrogens is 1. The number of aromatic amines is 1. The van der Waals surface area contributed by atoms with Gasteiger partial charge in [-0.15, -0.1) is 11.8 Å². The molecule has 4 unspecified atom stereocenters. The molecule has 3 heterocycles. The van der Waals surface area contributed by atoms with Crippen molar-refractivity contribution in [3.8, 4) is 11.5 Å². The number of ether oxygens (including phenoxy) is 3. The van der Waals surface area contributed by atoms with Crippen LogP contribution in [-0.2, 0) is 19.1 Å². The molecular formula is C39H37N3O8S2. The first-order chi connectivity index (χ1) is 25.2. The van der Waals surface area contributed by atoms with Crippen molar-refractivity contribution in [2.45, 2.75) is 43.4 Å². The molecule has 7 atom stereocenters. The summed E-state index contributed by atoms with van der Waals surface area (Å²) in [6.07, 6.45) is 0.784. The second kappa shape index (κ2) is 13.6. The first-order valence-corrected chi connectivity index (χ1v) is 19.2. The number of nitrogens with one attached hydrogen (secondary N) is 2. The number of nitrogens with zero attached hydrogens (tertiary/aromatic N) is 1. The Bertz CT molecular complexity index is 2130. The average molecular weight is 740 g/mol. The van der Waals surface area contributed by atoms with E-state index in [0.717, 1.165) is 27.5 Å². The number of carbonyl (C=O) groups excluding carboxylic acids is 4. The molecule has 8 rings (SSSR count). The van der Waals surface area contributed by atoms with Crippen molar-refractivity contribution in [3.63, 3.8) is 0 Å². The van der Waals surface area contributed by atoms with Crippen LogP contribution in [0.4, 0.5) is 11.4 Å². The number of rotatable bonds is 10. The molecule has 2 N–H and O–H groups in total. The summed E-state index contributed by atoms with van der Waals surface area (Å²) >= 11 is 2.84. The molecule has 4 aliphatic rings. The van der Waals surface area contributed by atoms with Gasteiger partial charge in [0.1, 0.15) is 0 Å². The minimum Gasteiger partial charge on any atom is -0.490 e. The Morgan fingerprint density at radius 2 is 1.62 bits per heavy atom. The van der Waals surface area contributed by atoms with E-state index >= 15 is 0 Å². The van der Waals surface area contributed by atoms with Crippen LogP contribution in [0.2, 0.25) is 0 Å². The molecular weight excluding hydrogens is 703 g/mol. The summed E-state index contributed by atoms with van der Waals surface area (Å²) in [6, 6.07) is 19.6. The van der Waals surface area contributed by atoms with Crippen molar-refractivity contribution in [1.82, 2.24) is 4.98 Å². The van der Waals surface area contributed by atoms with E-state index in [1.807, 2.05) is 50.2 Å². The number of hydrogen-bond donors (Lipinski definition) is 2. The van der Waals surface area contributed by atoms with E-state index in [2.05, 4.69) is 10.3 Å². The number of hydrogen-bond acceptors (Lipinski definition) is 10. The number of thiazole rings is 1. The molecule has 3 fully saturated rings. The van der Waals surface area contributed by atoms with E-state index in [0.29, 0.717) is 35.0 Å². The summed E-state index contributed by atoms with van der Waals surface area (Å²) in [6.45, 7) is 5.92. The van der Waals surface area contributed by atoms with E-state index in [9.17, 15) is 24.0 Å². The predicted octanol–water partition coefficient (Wildman–Crippen LogP) is 6.02. The van der Waals surface area contributed by atoms with Crippen molar-refractivity contribution in [2.75, 3.05) is 30.0 Å². The van der Waals surface area contributed by atoms with Crippen molar-refractivity contribution in [2.24, 2.45) is 29.6 Å². The molecule has 268 valence electrons. The fourth-order valence-electron chi connectivity index (χ4n) is 8.69. The predicted molar refractivity (Wildman–Crippen MR) is 196 cm³/mol. The summed E-state index contributed by atoms with van der Waals surface area (Å²) in [5.41, 5.74) is 3.48. The number of fused-ring (bicyclic) bond motifs is 9. The van der Waals surface area contributed by atoms with E-state index in [4.69, 9.17) is 14.2 Å². The number of carbonyl (C=O) groups is 4. The molecule has 1 saturated heterocycles. The van der Waals surface area contributed by atoms with Gasteiger partial charge in [0, 0.05) is 21.7 Å². The van der Waals surface area contributed by atoms with Gasteiger partial charge in [0.05, 0.1) is 41.3 Å². The first kappa shape index (κ1) is 34.2. The molecule has 0 radical (unpaired) electrons. The lowest BCUT2D eigenvalue weighted by molar-refractivity contribution is -0.123. The fourth-order valence-corrected chi connectivity index (χ4v) is 11.6. The Morgan fingerprint density at radius 1 is 0.885 bits per heavy atom. The number of thioether (sulfide) groups is 1. The van der Waals surface area contributed by atoms with Crippen molar-refractivity contribution >= 4 is 58.2 Å². The van der Waals surface area contributed by atoms with Crippen LogP contribution < -0.4 is 24.6 Å². The first-order valence-electron chi connectivity index (χ1n) is 17.5. The topological polar surface area (TPSA) is 144 Å². The molecule has 0 spiro atoms. The number of anilines is 2. The Labute approximate surface area is 308 Å². The highest BCUT2D eigenvalue weighted by molar-refractivity contribution is 8.00. The number of imide groups is 1. The Morgan fingerprint density at radius 3 is 2.33 bits per heavy atom. The lowest BCUT2D eigenvalue weighted by Crippen LogP contribution is -2.42. The van der Waals surface area contributed by atoms with Gasteiger partial charge in [-0.3, -0.25) is 24.1 Å². The number of aromatic nitrogens is 1. The minimum atomic E-state index is -0.434. The standard InChI is InChI=1S/C39H37N3O8S2/c1-4-48-27-16-21(10-15-26(27)50-18-28(43)40-22-11-8-20(9-12-22)38(46)49-5-2)29-30-24-17-25(33(30)51-35-34(29)52-39(47)41-35)32-31(24)36(44)42(37(32)45)23-13-6-19(3)7-14-23/h6-16,24-25,29-33H,4-5,17-18H2,1-3H3,(H,40,43)(H,41,47)/t24-,25-,29-,30?,31?,32?,33?/m1/s1. The molecule has 13 heteroatoms. The van der Waals surface area contributed by atoms with Gasteiger partial charge in [-0.2, -0.15) is 0 Å². The monoisotopic (exact) mass is 739 g/mol. The van der Waals surface area contributed by atoms with Crippen molar-refractivity contribution in [1.29, 1.82) is 0 Å². The zero-order valence-electron chi connectivity index (χ0n) is 28.8. The van der Waals surface area contributed by atoms with Crippen LogP contribution in [0.5, 0.6) is 11.5 Å². The van der Waals surface area contributed by atoms with Gasteiger partial charge in [-0.1, -0.05) is 35.1 Å². The second-order valence-corrected chi connectivity index (χ2v) is 15.8. The Balaban J connectivity index is 1.05. The fraction of sp³-hybridized carbons (Fsp3) is 0.359. The maximum Gasteiger partial charge on any atom is 0.338 e. The van der Waals surface area contributed by atoms with Crippen LogP contribution in [0, 0.1) is 36.5 Å². The molecule has 2 aliphatic heterocycles. The maximum absolute atomic E-state index is 14.1. The quantitative estimate of drug-likeness (QED) is 0.148. The second-order valence-electron chi connectivity index (χ2n) is 13.6.